The quantitative estimate of drug-likeness (QED) is 0.388. The zero-order valence-corrected chi connectivity index (χ0v) is 9.26. The van der Waals surface area contributed by atoms with Crippen LogP contribution in [0.2, 0.25) is 0 Å². The van der Waals surface area contributed by atoms with Gasteiger partial charge in [0.05, 0.1) is 5.71 Å². The molecular weight excluding hydrogens is 188 g/mol. The summed E-state index contributed by atoms with van der Waals surface area (Å²) >= 11 is 0. The van der Waals surface area contributed by atoms with Crippen molar-refractivity contribution in [2.75, 3.05) is 0 Å². The van der Waals surface area contributed by atoms with Crippen LogP contribution in [0.25, 0.3) is 0 Å². The lowest BCUT2D eigenvalue weighted by Gasteiger charge is -2.05. The van der Waals surface area contributed by atoms with Crippen LogP contribution in [-0.4, -0.2) is 11.7 Å². The highest BCUT2D eigenvalue weighted by atomic mass is 15.3. The molecule has 0 bridgehead atoms. The Bertz CT molecular complexity index is 407. The van der Waals surface area contributed by atoms with Crippen LogP contribution >= 0.6 is 0 Å². The van der Waals surface area contributed by atoms with Gasteiger partial charge in [-0.3, -0.25) is 5.41 Å². The number of nitrogens with zero attached hydrogens (tertiary/aromatic N) is 1. The monoisotopic (exact) mass is 204 g/mol. The van der Waals surface area contributed by atoms with Gasteiger partial charge in [0.25, 0.3) is 0 Å². The minimum Gasteiger partial charge on any atom is -0.369 e. The van der Waals surface area contributed by atoms with Crippen LogP contribution in [0.4, 0.5) is 0 Å². The maximum atomic E-state index is 6.99. The van der Waals surface area contributed by atoms with Gasteiger partial charge in [-0.15, -0.1) is 0 Å². The zero-order valence-electron chi connectivity index (χ0n) is 9.26. The molecule has 0 aliphatic heterocycles. The Hall–Kier alpha value is -1.84. The average molecular weight is 204 g/mol. The van der Waals surface area contributed by atoms with E-state index in [0.717, 1.165) is 11.3 Å². The van der Waals surface area contributed by atoms with E-state index in [-0.39, 0.29) is 5.96 Å². The van der Waals surface area contributed by atoms with E-state index in [2.05, 4.69) is 36.5 Å². The third-order valence-electron chi connectivity index (χ3n) is 2.27. The highest BCUT2D eigenvalue weighted by Gasteiger charge is 1.99. The third kappa shape index (κ3) is 3.09. The number of rotatable bonds is 2. The minimum absolute atomic E-state index is 0.154. The first-order valence-electron chi connectivity index (χ1n) is 4.72. The van der Waals surface area contributed by atoms with Crippen LogP contribution in [0, 0.1) is 19.3 Å². The molecule has 15 heavy (non-hydrogen) atoms. The molecule has 0 radical (unpaired) electrons. The van der Waals surface area contributed by atoms with Crippen LogP contribution in [0.5, 0.6) is 0 Å². The predicted octanol–water partition coefficient (Wildman–Crippen LogP) is 1.51. The number of hydrazone groups is 1. The first kappa shape index (κ1) is 11.2. The average Bonchev–Trinajstić information content (AvgIpc) is 2.18. The fourth-order valence-electron chi connectivity index (χ4n) is 1.18. The SMILES string of the molecule is CC(=NNC(=N)N)c1ccc(C)c(C)c1. The van der Waals surface area contributed by atoms with Gasteiger partial charge in [0, 0.05) is 0 Å². The number of nitrogens with two attached hydrogens (primary N) is 1. The van der Waals surface area contributed by atoms with Crippen molar-refractivity contribution in [1.82, 2.24) is 5.43 Å². The Balaban J connectivity index is 2.91. The van der Waals surface area contributed by atoms with Crippen molar-refractivity contribution >= 4 is 11.7 Å². The first-order valence-corrected chi connectivity index (χ1v) is 4.72. The van der Waals surface area contributed by atoms with Gasteiger partial charge in [-0.05, 0) is 43.5 Å². The lowest BCUT2D eigenvalue weighted by atomic mass is 10.0. The summed E-state index contributed by atoms with van der Waals surface area (Å²) < 4.78 is 0. The number of benzene rings is 1. The van der Waals surface area contributed by atoms with E-state index >= 15 is 0 Å². The number of nitrogens with one attached hydrogen (secondary N) is 2. The number of guanidine groups is 1. The minimum atomic E-state index is -0.154. The summed E-state index contributed by atoms with van der Waals surface area (Å²) in [5.74, 6) is -0.154. The second-order valence-corrected chi connectivity index (χ2v) is 3.52. The van der Waals surface area contributed by atoms with Gasteiger partial charge in [0.1, 0.15) is 0 Å². The second-order valence-electron chi connectivity index (χ2n) is 3.52. The summed E-state index contributed by atoms with van der Waals surface area (Å²) in [5, 5.41) is 11.0. The highest BCUT2D eigenvalue weighted by Crippen LogP contribution is 2.10. The fourth-order valence-corrected chi connectivity index (χ4v) is 1.18. The maximum Gasteiger partial charge on any atom is 0.206 e. The van der Waals surface area contributed by atoms with Gasteiger partial charge in [0.15, 0.2) is 0 Å². The van der Waals surface area contributed by atoms with Gasteiger partial charge in [0.2, 0.25) is 5.96 Å². The van der Waals surface area contributed by atoms with E-state index in [0.29, 0.717) is 0 Å². The van der Waals surface area contributed by atoms with Gasteiger partial charge >= 0.3 is 0 Å². The Labute approximate surface area is 89.7 Å². The summed E-state index contributed by atoms with van der Waals surface area (Å²) in [7, 11) is 0. The van der Waals surface area contributed by atoms with Gasteiger partial charge in [-0.2, -0.15) is 5.10 Å². The topological polar surface area (TPSA) is 74.3 Å². The van der Waals surface area contributed by atoms with E-state index in [4.69, 9.17) is 11.1 Å². The Morgan fingerprint density at radius 2 is 2.00 bits per heavy atom. The molecule has 4 heteroatoms. The number of aryl methyl sites for hydroxylation is 2. The normalized spacial score (nSPS) is 11.3. The summed E-state index contributed by atoms with van der Waals surface area (Å²) in [6.45, 7) is 6.00. The van der Waals surface area contributed by atoms with E-state index in [1.54, 1.807) is 0 Å². The van der Waals surface area contributed by atoms with Crippen molar-refractivity contribution in [1.29, 1.82) is 5.41 Å². The molecule has 0 spiro atoms. The molecule has 0 aliphatic rings. The summed E-state index contributed by atoms with van der Waals surface area (Å²) in [6.07, 6.45) is 0. The van der Waals surface area contributed by atoms with Gasteiger partial charge in [-0.25, -0.2) is 5.43 Å². The molecule has 1 aromatic carbocycles. The Morgan fingerprint density at radius 1 is 1.33 bits per heavy atom. The van der Waals surface area contributed by atoms with Crippen molar-refractivity contribution in [2.24, 2.45) is 10.8 Å². The third-order valence-corrected chi connectivity index (χ3v) is 2.27. The smallest absolute Gasteiger partial charge is 0.206 e. The van der Waals surface area contributed by atoms with Crippen molar-refractivity contribution < 1.29 is 0 Å². The van der Waals surface area contributed by atoms with Crippen LogP contribution in [0.3, 0.4) is 0 Å². The van der Waals surface area contributed by atoms with Crippen LogP contribution < -0.4 is 11.2 Å². The molecule has 1 aromatic rings. The van der Waals surface area contributed by atoms with Crippen molar-refractivity contribution in [3.05, 3.63) is 34.9 Å². The molecule has 0 atom stereocenters. The standard InChI is InChI=1S/C11H16N4/c1-7-4-5-10(6-8(7)2)9(3)14-15-11(12)13/h4-6H,1-3H3,(H4,12,13,15). The molecule has 0 amide bonds. The van der Waals surface area contributed by atoms with E-state index in [9.17, 15) is 0 Å². The largest absolute Gasteiger partial charge is 0.369 e. The van der Waals surface area contributed by atoms with Crippen LogP contribution in [-0.2, 0) is 0 Å². The summed E-state index contributed by atoms with van der Waals surface area (Å²) in [4.78, 5) is 0. The van der Waals surface area contributed by atoms with E-state index in [1.807, 2.05) is 13.0 Å². The predicted molar refractivity (Wildman–Crippen MR) is 63.2 cm³/mol. The molecule has 4 nitrogen and oxygen atoms in total. The van der Waals surface area contributed by atoms with Crippen molar-refractivity contribution in [3.8, 4) is 0 Å². The molecule has 0 unspecified atom stereocenters. The molecule has 80 valence electrons. The lowest BCUT2D eigenvalue weighted by Crippen LogP contribution is -2.26. The second kappa shape index (κ2) is 4.59. The molecule has 4 N–H and O–H groups in total. The summed E-state index contributed by atoms with van der Waals surface area (Å²) in [6, 6.07) is 6.12. The molecule has 0 saturated carbocycles. The van der Waals surface area contributed by atoms with Crippen LogP contribution in [0.1, 0.15) is 23.6 Å². The lowest BCUT2D eigenvalue weighted by molar-refractivity contribution is 0.991. The first-order chi connectivity index (χ1) is 7.00. The number of hydrogen-bond donors (Lipinski definition) is 3. The molecule has 0 aromatic heterocycles. The molecule has 0 fully saturated rings. The Morgan fingerprint density at radius 3 is 2.53 bits per heavy atom. The van der Waals surface area contributed by atoms with E-state index < -0.39 is 0 Å². The molecular formula is C11H16N4. The molecule has 0 saturated heterocycles. The molecule has 1 rings (SSSR count). The van der Waals surface area contributed by atoms with E-state index in [1.165, 1.54) is 11.1 Å². The van der Waals surface area contributed by atoms with Gasteiger partial charge in [-0.1, -0.05) is 12.1 Å². The van der Waals surface area contributed by atoms with Gasteiger partial charge < -0.3 is 5.73 Å². The summed E-state index contributed by atoms with van der Waals surface area (Å²) in [5.41, 5.74) is 11.9. The molecule has 0 heterocycles. The van der Waals surface area contributed by atoms with Crippen molar-refractivity contribution in [3.63, 3.8) is 0 Å². The van der Waals surface area contributed by atoms with Crippen molar-refractivity contribution in [2.45, 2.75) is 20.8 Å². The maximum absolute atomic E-state index is 6.99. The number of hydrogen-bond acceptors (Lipinski definition) is 2. The molecule has 0 aliphatic carbocycles. The highest BCUT2D eigenvalue weighted by molar-refractivity contribution is 5.99. The Kier molecular flexibility index (Phi) is 3.44. The zero-order chi connectivity index (χ0) is 11.4. The van der Waals surface area contributed by atoms with Crippen LogP contribution in [0.15, 0.2) is 23.3 Å². The fraction of sp³-hybridized carbons (Fsp3) is 0.273.